The average molecular weight is 446 g/mol. The summed E-state index contributed by atoms with van der Waals surface area (Å²) in [6.07, 6.45) is 1.48. The molecule has 1 unspecified atom stereocenters. The number of hydrogen-bond donors (Lipinski definition) is 1. The van der Waals surface area contributed by atoms with Crippen molar-refractivity contribution in [3.8, 4) is 5.75 Å². The van der Waals surface area contributed by atoms with Crippen LogP contribution >= 0.6 is 0 Å². The van der Waals surface area contributed by atoms with Crippen LogP contribution in [0.3, 0.4) is 0 Å². The number of aryl methyl sites for hydroxylation is 1. The van der Waals surface area contributed by atoms with E-state index >= 15 is 0 Å². The summed E-state index contributed by atoms with van der Waals surface area (Å²) in [6, 6.07) is 15.2. The first-order valence-electron chi connectivity index (χ1n) is 10.7. The van der Waals surface area contributed by atoms with Crippen molar-refractivity contribution in [1.82, 2.24) is 0 Å². The Morgan fingerprint density at radius 3 is 2.30 bits per heavy atom. The Morgan fingerprint density at radius 2 is 1.76 bits per heavy atom. The molecule has 1 aliphatic heterocycles. The largest absolute Gasteiger partial charge is 0.507 e. The van der Waals surface area contributed by atoms with Gasteiger partial charge in [0.25, 0.3) is 11.7 Å². The number of carbonyl (C=O) groups is 2. The fourth-order valence-electron chi connectivity index (χ4n) is 4.11. The van der Waals surface area contributed by atoms with Gasteiger partial charge in [-0.1, -0.05) is 32.9 Å². The number of nitrogens with zero attached hydrogens (tertiary/aromatic N) is 1. The number of ether oxygens (including phenoxy) is 1. The minimum Gasteiger partial charge on any atom is -0.507 e. The summed E-state index contributed by atoms with van der Waals surface area (Å²) in [7, 11) is 1.56. The molecule has 1 atom stereocenters. The van der Waals surface area contributed by atoms with Crippen molar-refractivity contribution in [2.45, 2.75) is 39.2 Å². The van der Waals surface area contributed by atoms with Gasteiger partial charge in [0.15, 0.2) is 0 Å². The van der Waals surface area contributed by atoms with Crippen LogP contribution in [-0.4, -0.2) is 23.9 Å². The van der Waals surface area contributed by atoms with Crippen molar-refractivity contribution in [1.29, 1.82) is 0 Å². The van der Waals surface area contributed by atoms with Crippen molar-refractivity contribution in [2.75, 3.05) is 12.0 Å². The summed E-state index contributed by atoms with van der Waals surface area (Å²) >= 11 is 0. The molecule has 3 aromatic rings. The molecule has 2 heterocycles. The molecule has 1 N–H and O–H groups in total. The maximum absolute atomic E-state index is 13.2. The maximum Gasteiger partial charge on any atom is 0.300 e. The number of benzene rings is 2. The van der Waals surface area contributed by atoms with E-state index < -0.39 is 17.7 Å². The van der Waals surface area contributed by atoms with E-state index in [4.69, 9.17) is 9.15 Å². The Hall–Kier alpha value is -3.80. The van der Waals surface area contributed by atoms with Crippen LogP contribution in [0.25, 0.3) is 5.76 Å². The van der Waals surface area contributed by atoms with Gasteiger partial charge in [0.1, 0.15) is 23.3 Å². The van der Waals surface area contributed by atoms with Gasteiger partial charge in [-0.25, -0.2) is 0 Å². The Kier molecular flexibility index (Phi) is 5.62. The summed E-state index contributed by atoms with van der Waals surface area (Å²) < 4.78 is 10.9. The van der Waals surface area contributed by atoms with Crippen molar-refractivity contribution in [3.63, 3.8) is 0 Å². The van der Waals surface area contributed by atoms with E-state index in [0.717, 1.165) is 5.56 Å². The van der Waals surface area contributed by atoms with Gasteiger partial charge in [0, 0.05) is 11.3 Å². The molecule has 33 heavy (non-hydrogen) atoms. The first-order valence-corrected chi connectivity index (χ1v) is 10.7. The fraction of sp³-hybridized carbons (Fsp3) is 0.259. The molecule has 1 amide bonds. The Labute approximate surface area is 193 Å². The molecule has 1 aliphatic rings. The van der Waals surface area contributed by atoms with E-state index in [1.807, 2.05) is 24.3 Å². The van der Waals surface area contributed by atoms with Crippen LogP contribution in [0.2, 0.25) is 0 Å². The fourth-order valence-corrected chi connectivity index (χ4v) is 4.11. The number of hydrogen-bond acceptors (Lipinski definition) is 5. The minimum atomic E-state index is -0.887. The number of rotatable bonds is 4. The summed E-state index contributed by atoms with van der Waals surface area (Å²) in [4.78, 5) is 27.8. The topological polar surface area (TPSA) is 80.0 Å². The van der Waals surface area contributed by atoms with Gasteiger partial charge in [0.2, 0.25) is 0 Å². The number of carbonyl (C=O) groups excluding carboxylic acids is 2. The van der Waals surface area contributed by atoms with Gasteiger partial charge >= 0.3 is 0 Å². The molecule has 170 valence electrons. The predicted molar refractivity (Wildman–Crippen MR) is 126 cm³/mol. The summed E-state index contributed by atoms with van der Waals surface area (Å²) in [5.41, 5.74) is 2.75. The van der Waals surface area contributed by atoms with E-state index in [1.165, 1.54) is 11.2 Å². The number of furan rings is 1. The van der Waals surface area contributed by atoms with Crippen molar-refractivity contribution in [3.05, 3.63) is 88.9 Å². The molecule has 0 bridgehead atoms. The lowest BCUT2D eigenvalue weighted by Crippen LogP contribution is -2.29. The Bertz CT molecular complexity index is 1230. The molecule has 1 fully saturated rings. The lowest BCUT2D eigenvalue weighted by atomic mass is 9.87. The number of amides is 1. The van der Waals surface area contributed by atoms with Crippen LogP contribution in [-0.2, 0) is 15.0 Å². The van der Waals surface area contributed by atoms with Gasteiger partial charge in [0.05, 0.1) is 18.9 Å². The van der Waals surface area contributed by atoms with E-state index in [-0.39, 0.29) is 16.7 Å². The lowest BCUT2D eigenvalue weighted by Gasteiger charge is -2.25. The van der Waals surface area contributed by atoms with Gasteiger partial charge in [-0.2, -0.15) is 0 Å². The zero-order chi connectivity index (χ0) is 23.9. The number of aliphatic hydroxyl groups is 1. The molecule has 6 nitrogen and oxygen atoms in total. The van der Waals surface area contributed by atoms with Crippen molar-refractivity contribution in [2.24, 2.45) is 0 Å². The van der Waals surface area contributed by atoms with Crippen LogP contribution in [0, 0.1) is 6.92 Å². The minimum absolute atomic E-state index is 0.0110. The first kappa shape index (κ1) is 22.4. The zero-order valence-electron chi connectivity index (χ0n) is 19.4. The highest BCUT2D eigenvalue weighted by Gasteiger charge is 2.48. The molecule has 2 aromatic carbocycles. The highest BCUT2D eigenvalue weighted by atomic mass is 16.5. The molecule has 0 spiro atoms. The SMILES string of the molecule is COc1ccc(/C(O)=C2/C(=O)C(=O)N(c3ccc(C(C)(C)C)cc3)C2c2ccco2)c(C)c1. The highest BCUT2D eigenvalue weighted by Crippen LogP contribution is 2.43. The molecule has 1 aromatic heterocycles. The summed E-state index contributed by atoms with van der Waals surface area (Å²) in [5, 5.41) is 11.2. The number of aliphatic hydroxyl groups excluding tert-OH is 1. The van der Waals surface area contributed by atoms with Crippen LogP contribution < -0.4 is 9.64 Å². The maximum atomic E-state index is 13.2. The van der Waals surface area contributed by atoms with Crippen LogP contribution in [0.4, 0.5) is 5.69 Å². The summed E-state index contributed by atoms with van der Waals surface area (Å²) in [6.45, 7) is 8.12. The smallest absolute Gasteiger partial charge is 0.300 e. The molecule has 0 aliphatic carbocycles. The second-order valence-corrected chi connectivity index (χ2v) is 9.16. The average Bonchev–Trinajstić information content (AvgIpc) is 3.40. The lowest BCUT2D eigenvalue weighted by molar-refractivity contribution is -0.132. The number of anilines is 1. The van der Waals surface area contributed by atoms with Crippen LogP contribution in [0.1, 0.15) is 49.3 Å². The van der Waals surface area contributed by atoms with E-state index in [2.05, 4.69) is 20.8 Å². The molecule has 0 radical (unpaired) electrons. The Balaban J connectivity index is 1.88. The third kappa shape index (κ3) is 3.93. The molecular formula is C27H27NO5. The molecule has 0 saturated carbocycles. The van der Waals surface area contributed by atoms with E-state index in [1.54, 1.807) is 44.4 Å². The number of methoxy groups -OCH3 is 1. The van der Waals surface area contributed by atoms with Gasteiger partial charge < -0.3 is 14.3 Å². The highest BCUT2D eigenvalue weighted by molar-refractivity contribution is 6.51. The molecule has 1 saturated heterocycles. The van der Waals surface area contributed by atoms with Crippen LogP contribution in [0.5, 0.6) is 5.75 Å². The Morgan fingerprint density at radius 1 is 1.06 bits per heavy atom. The third-order valence-corrected chi connectivity index (χ3v) is 5.96. The van der Waals surface area contributed by atoms with Crippen molar-refractivity contribution < 1.29 is 23.8 Å². The van der Waals surface area contributed by atoms with E-state index in [0.29, 0.717) is 28.3 Å². The monoisotopic (exact) mass is 445 g/mol. The molecule has 4 rings (SSSR count). The molecular weight excluding hydrogens is 418 g/mol. The van der Waals surface area contributed by atoms with Gasteiger partial charge in [-0.05, 0) is 65.9 Å². The normalized spacial score (nSPS) is 18.1. The van der Waals surface area contributed by atoms with Crippen molar-refractivity contribution >= 4 is 23.1 Å². The molecule has 6 heteroatoms. The second-order valence-electron chi connectivity index (χ2n) is 9.16. The predicted octanol–water partition coefficient (Wildman–Crippen LogP) is 5.52. The summed E-state index contributed by atoms with van der Waals surface area (Å²) in [5.74, 6) is -0.701. The number of Topliss-reactive ketones (excluding diaryl/α,β-unsaturated/α-hetero) is 1. The quantitative estimate of drug-likeness (QED) is 0.325. The van der Waals surface area contributed by atoms with Gasteiger partial charge in [-0.3, -0.25) is 14.5 Å². The van der Waals surface area contributed by atoms with E-state index in [9.17, 15) is 14.7 Å². The standard InChI is InChI=1S/C27H27NO5/c1-16-15-19(32-5)12-13-20(16)24(29)22-23(21-7-6-14-33-21)28(26(31)25(22)30)18-10-8-17(9-11-18)27(2,3)4/h6-15,23,29H,1-5H3/b24-22-. The zero-order valence-corrected chi connectivity index (χ0v) is 19.4. The first-order chi connectivity index (χ1) is 15.6. The van der Waals surface area contributed by atoms with Gasteiger partial charge in [-0.15, -0.1) is 0 Å². The second kappa shape index (κ2) is 8.28. The number of ketones is 1. The third-order valence-electron chi connectivity index (χ3n) is 5.96. The van der Waals surface area contributed by atoms with Crippen LogP contribution in [0.15, 0.2) is 70.9 Å².